The van der Waals surface area contributed by atoms with Crippen LogP contribution in [0, 0.1) is 0 Å². The summed E-state index contributed by atoms with van der Waals surface area (Å²) in [4.78, 5) is 4.91. The molecule has 0 amide bonds. The van der Waals surface area contributed by atoms with Crippen molar-refractivity contribution in [1.29, 1.82) is 0 Å². The second-order valence-corrected chi connectivity index (χ2v) is 15.6. The number of rotatable bonds is 4. The lowest BCUT2D eigenvalue weighted by Gasteiger charge is -2.44. The van der Waals surface area contributed by atoms with Crippen LogP contribution in [0.15, 0.2) is 209 Å². The van der Waals surface area contributed by atoms with Crippen LogP contribution in [0.1, 0.15) is 0 Å². The number of anilines is 6. The van der Waals surface area contributed by atoms with Gasteiger partial charge in [-0.25, -0.2) is 0 Å². The normalized spacial score (nSPS) is 13.0. The average molecular weight is 753 g/mol. The van der Waals surface area contributed by atoms with Gasteiger partial charge in [-0.1, -0.05) is 127 Å². The standard InChI is InChI=1S/C54H33BN2O2/c1-8-25-51-40(14-1)42-17-10-16-39(54(42)59-51)34-26-29-37(30-27-34)56-46-20-5-3-18-44(46)55-45-19-4-6-21-47(45)57(49-23-11-22-48(56)53(49)55)38-13-9-12-35(32-38)36-28-31-52-43(33-36)41-15-2-7-24-50(41)58-52/h1-33H. The highest BCUT2D eigenvalue weighted by molar-refractivity contribution is 7.00. The first-order valence-electron chi connectivity index (χ1n) is 20.2. The van der Waals surface area contributed by atoms with Crippen LogP contribution in [0.25, 0.3) is 66.1 Å². The first-order chi connectivity index (χ1) is 29.3. The molecule has 0 bridgehead atoms. The Labute approximate surface area is 340 Å². The molecule has 11 aromatic rings. The van der Waals surface area contributed by atoms with E-state index < -0.39 is 0 Å². The fraction of sp³-hybridized carbons (Fsp3) is 0. The Morgan fingerprint density at radius 3 is 1.64 bits per heavy atom. The molecular weight excluding hydrogens is 719 g/mol. The minimum atomic E-state index is 0.0750. The molecule has 2 aliphatic rings. The molecule has 2 aromatic heterocycles. The van der Waals surface area contributed by atoms with Crippen LogP contribution >= 0.6 is 0 Å². The zero-order valence-electron chi connectivity index (χ0n) is 31.8. The molecule has 0 N–H and O–H groups in total. The maximum atomic E-state index is 6.44. The first-order valence-corrected chi connectivity index (χ1v) is 20.2. The number of hydrogen-bond donors (Lipinski definition) is 0. The van der Waals surface area contributed by atoms with Crippen molar-refractivity contribution in [3.63, 3.8) is 0 Å². The van der Waals surface area contributed by atoms with Crippen molar-refractivity contribution >= 4 is 101 Å². The fourth-order valence-electron chi connectivity index (χ4n) is 9.89. The Balaban J connectivity index is 0.954. The van der Waals surface area contributed by atoms with Gasteiger partial charge >= 0.3 is 0 Å². The van der Waals surface area contributed by atoms with Crippen LogP contribution < -0.4 is 26.2 Å². The number of hydrogen-bond acceptors (Lipinski definition) is 4. The third-order valence-corrected chi connectivity index (χ3v) is 12.5. The molecule has 2 aliphatic heterocycles. The second-order valence-electron chi connectivity index (χ2n) is 15.6. The van der Waals surface area contributed by atoms with E-state index in [4.69, 9.17) is 8.83 Å². The summed E-state index contributed by atoms with van der Waals surface area (Å²) in [5.41, 5.74) is 19.1. The van der Waals surface area contributed by atoms with Crippen LogP contribution in [0.3, 0.4) is 0 Å². The summed E-state index contributed by atoms with van der Waals surface area (Å²) >= 11 is 0. The molecular formula is C54H33BN2O2. The van der Waals surface area contributed by atoms with E-state index in [0.29, 0.717) is 0 Å². The highest BCUT2D eigenvalue weighted by atomic mass is 16.3. The number of benzene rings is 9. The zero-order valence-corrected chi connectivity index (χ0v) is 31.8. The molecule has 4 heterocycles. The Morgan fingerprint density at radius 1 is 0.339 bits per heavy atom. The van der Waals surface area contributed by atoms with Crippen LogP contribution in [0.4, 0.5) is 34.1 Å². The largest absolute Gasteiger partial charge is 0.456 e. The predicted molar refractivity (Wildman–Crippen MR) is 246 cm³/mol. The van der Waals surface area contributed by atoms with Gasteiger partial charge in [0, 0.05) is 61.2 Å². The zero-order chi connectivity index (χ0) is 38.6. The van der Waals surface area contributed by atoms with Crippen molar-refractivity contribution in [2.45, 2.75) is 0 Å². The van der Waals surface area contributed by atoms with Gasteiger partial charge in [-0.3, -0.25) is 0 Å². The molecule has 0 aliphatic carbocycles. The lowest BCUT2D eigenvalue weighted by atomic mass is 9.33. The highest BCUT2D eigenvalue weighted by Crippen LogP contribution is 2.45. The van der Waals surface area contributed by atoms with Gasteiger partial charge in [-0.05, 0) is 106 Å². The van der Waals surface area contributed by atoms with E-state index in [1.807, 2.05) is 24.3 Å². The van der Waals surface area contributed by atoms with Crippen molar-refractivity contribution < 1.29 is 8.83 Å². The van der Waals surface area contributed by atoms with Gasteiger partial charge in [0.25, 0.3) is 6.71 Å². The van der Waals surface area contributed by atoms with Crippen LogP contribution in [-0.4, -0.2) is 6.71 Å². The van der Waals surface area contributed by atoms with Gasteiger partial charge in [-0.15, -0.1) is 0 Å². The van der Waals surface area contributed by atoms with Crippen molar-refractivity contribution in [3.05, 3.63) is 200 Å². The Bertz CT molecular complexity index is 3490. The molecule has 0 unspecified atom stereocenters. The summed E-state index contributed by atoms with van der Waals surface area (Å²) in [7, 11) is 0. The third-order valence-electron chi connectivity index (χ3n) is 12.5. The molecule has 0 radical (unpaired) electrons. The van der Waals surface area contributed by atoms with Gasteiger partial charge < -0.3 is 18.6 Å². The molecule has 9 aromatic carbocycles. The molecule has 4 nitrogen and oxygen atoms in total. The van der Waals surface area contributed by atoms with Crippen LogP contribution in [0.2, 0.25) is 0 Å². The number of nitrogens with zero attached hydrogens (tertiary/aromatic N) is 2. The Kier molecular flexibility index (Phi) is 6.78. The summed E-state index contributed by atoms with van der Waals surface area (Å²) < 4.78 is 12.6. The molecule has 0 atom stereocenters. The SMILES string of the molecule is c1cc(-c2ccc3oc4ccccc4c3c2)cc(N2c3ccccc3B3c4ccccc4N(c4ccc(-c5cccc6c5oc5ccccc56)cc4)c4cccc2c43)c1. The molecule has 13 rings (SSSR count). The maximum absolute atomic E-state index is 6.44. The second kappa shape index (κ2) is 12.4. The van der Waals surface area contributed by atoms with Gasteiger partial charge in [0.15, 0.2) is 0 Å². The molecule has 5 heteroatoms. The Morgan fingerprint density at radius 2 is 0.881 bits per heavy atom. The van der Waals surface area contributed by atoms with E-state index in [-0.39, 0.29) is 6.71 Å². The van der Waals surface area contributed by atoms with E-state index in [0.717, 1.165) is 77.5 Å². The van der Waals surface area contributed by atoms with Gasteiger partial charge in [0.05, 0.1) is 0 Å². The summed E-state index contributed by atoms with van der Waals surface area (Å²) in [6.07, 6.45) is 0. The van der Waals surface area contributed by atoms with Crippen molar-refractivity contribution in [3.8, 4) is 22.3 Å². The van der Waals surface area contributed by atoms with Crippen molar-refractivity contribution in [2.24, 2.45) is 0 Å². The van der Waals surface area contributed by atoms with E-state index in [2.05, 4.69) is 186 Å². The predicted octanol–water partition coefficient (Wildman–Crippen LogP) is 12.9. The molecule has 0 fully saturated rings. The van der Waals surface area contributed by atoms with Gasteiger partial charge in [0.2, 0.25) is 0 Å². The van der Waals surface area contributed by atoms with E-state index in [1.165, 1.54) is 39.1 Å². The first kappa shape index (κ1) is 32.3. The lowest BCUT2D eigenvalue weighted by Crippen LogP contribution is -2.61. The Hall–Kier alpha value is -7.76. The van der Waals surface area contributed by atoms with E-state index in [1.54, 1.807) is 0 Å². The van der Waals surface area contributed by atoms with Crippen molar-refractivity contribution in [2.75, 3.05) is 9.80 Å². The average Bonchev–Trinajstić information content (AvgIpc) is 3.87. The maximum Gasteiger partial charge on any atom is 0.252 e. The summed E-state index contributed by atoms with van der Waals surface area (Å²) in [5.74, 6) is 0. The highest BCUT2D eigenvalue weighted by Gasteiger charge is 2.42. The van der Waals surface area contributed by atoms with Gasteiger partial charge in [0.1, 0.15) is 22.3 Å². The molecule has 274 valence electrons. The molecule has 0 spiro atoms. The third kappa shape index (κ3) is 4.73. The molecule has 59 heavy (non-hydrogen) atoms. The summed E-state index contributed by atoms with van der Waals surface area (Å²) in [5, 5.41) is 4.54. The van der Waals surface area contributed by atoms with E-state index >= 15 is 0 Å². The molecule has 0 saturated heterocycles. The van der Waals surface area contributed by atoms with Gasteiger partial charge in [-0.2, -0.15) is 0 Å². The topological polar surface area (TPSA) is 32.8 Å². The number of fused-ring (bicyclic) bond motifs is 10. The smallest absolute Gasteiger partial charge is 0.252 e. The van der Waals surface area contributed by atoms with Crippen molar-refractivity contribution in [1.82, 2.24) is 0 Å². The monoisotopic (exact) mass is 752 g/mol. The van der Waals surface area contributed by atoms with Crippen LogP contribution in [-0.2, 0) is 0 Å². The lowest BCUT2D eigenvalue weighted by molar-refractivity contribution is 0.669. The number of furan rings is 2. The fourth-order valence-corrected chi connectivity index (χ4v) is 9.89. The number of para-hydroxylation sites is 5. The molecule has 0 saturated carbocycles. The quantitative estimate of drug-likeness (QED) is 0.168. The minimum Gasteiger partial charge on any atom is -0.456 e. The summed E-state index contributed by atoms with van der Waals surface area (Å²) in [6.45, 7) is 0.0750. The van der Waals surface area contributed by atoms with E-state index in [9.17, 15) is 0 Å². The van der Waals surface area contributed by atoms with Crippen LogP contribution in [0.5, 0.6) is 0 Å². The minimum absolute atomic E-state index is 0.0750. The summed E-state index contributed by atoms with van der Waals surface area (Å²) in [6, 6.07) is 72.1.